The maximum absolute atomic E-state index is 12.2. The molecule has 3 aromatic rings. The van der Waals surface area contributed by atoms with Crippen molar-refractivity contribution in [2.75, 3.05) is 0 Å². The summed E-state index contributed by atoms with van der Waals surface area (Å²) in [5.41, 5.74) is 0.573. The highest BCUT2D eigenvalue weighted by atomic mass is 32.2. The quantitative estimate of drug-likeness (QED) is 0.576. The number of thioether (sulfide) groups is 1. The number of hydrogen-bond donors (Lipinski definition) is 1. The predicted octanol–water partition coefficient (Wildman–Crippen LogP) is 2.86. The van der Waals surface area contributed by atoms with E-state index in [0.717, 1.165) is 11.0 Å². The molecule has 0 bridgehead atoms. The molecule has 7 heteroatoms. The number of H-pyrrole nitrogens is 1. The van der Waals surface area contributed by atoms with Gasteiger partial charge in [-0.3, -0.25) is 4.79 Å². The summed E-state index contributed by atoms with van der Waals surface area (Å²) in [6.45, 7) is 8.29. The average molecular weight is 327 g/mol. The molecule has 118 valence electrons. The second kappa shape index (κ2) is 6.37. The minimum absolute atomic E-state index is 0.0560. The van der Waals surface area contributed by atoms with Crippen molar-refractivity contribution in [3.8, 4) is 0 Å². The van der Waals surface area contributed by atoms with Crippen LogP contribution in [0.15, 0.2) is 46.9 Å². The van der Waals surface area contributed by atoms with E-state index >= 15 is 0 Å². The Hall–Kier alpha value is -2.41. The van der Waals surface area contributed by atoms with Crippen LogP contribution in [-0.2, 0) is 6.54 Å². The molecule has 0 aliphatic rings. The van der Waals surface area contributed by atoms with Crippen molar-refractivity contribution in [2.45, 2.75) is 30.8 Å². The summed E-state index contributed by atoms with van der Waals surface area (Å²) in [5, 5.41) is 9.62. The van der Waals surface area contributed by atoms with Crippen LogP contribution in [0.25, 0.3) is 10.9 Å². The van der Waals surface area contributed by atoms with Crippen LogP contribution in [0.3, 0.4) is 0 Å². The van der Waals surface area contributed by atoms with Crippen molar-refractivity contribution in [1.29, 1.82) is 0 Å². The Morgan fingerprint density at radius 1 is 1.39 bits per heavy atom. The van der Waals surface area contributed by atoms with Crippen molar-refractivity contribution in [1.82, 2.24) is 24.7 Å². The molecule has 0 saturated heterocycles. The van der Waals surface area contributed by atoms with Gasteiger partial charge in [-0.1, -0.05) is 30.0 Å². The molecule has 3 rings (SSSR count). The molecule has 0 radical (unpaired) electrons. The van der Waals surface area contributed by atoms with Crippen LogP contribution in [0, 0.1) is 6.92 Å². The van der Waals surface area contributed by atoms with Gasteiger partial charge in [0, 0.05) is 6.54 Å². The summed E-state index contributed by atoms with van der Waals surface area (Å²) in [6, 6.07) is 7.32. The molecule has 0 aliphatic carbocycles. The molecule has 0 fully saturated rings. The van der Waals surface area contributed by atoms with Gasteiger partial charge in [-0.25, -0.2) is 4.98 Å². The van der Waals surface area contributed by atoms with E-state index in [9.17, 15) is 4.79 Å². The SMILES string of the molecule is C=CCn1c(C)nnc1SC(C)c1nc2ccccc2c(=O)[nH]1. The lowest BCUT2D eigenvalue weighted by Gasteiger charge is -2.11. The van der Waals surface area contributed by atoms with E-state index in [0.29, 0.717) is 23.3 Å². The fraction of sp³-hybridized carbons (Fsp3) is 0.250. The van der Waals surface area contributed by atoms with Crippen LogP contribution in [0.4, 0.5) is 0 Å². The number of aromatic nitrogens is 5. The van der Waals surface area contributed by atoms with Gasteiger partial charge < -0.3 is 9.55 Å². The lowest BCUT2D eigenvalue weighted by Crippen LogP contribution is -2.13. The van der Waals surface area contributed by atoms with Gasteiger partial charge in [0.05, 0.1) is 16.2 Å². The number of benzene rings is 1. The van der Waals surface area contributed by atoms with E-state index in [-0.39, 0.29) is 10.8 Å². The number of aryl methyl sites for hydroxylation is 1. The van der Waals surface area contributed by atoms with Crippen LogP contribution in [0.2, 0.25) is 0 Å². The number of nitrogens with one attached hydrogen (secondary N) is 1. The molecule has 2 aromatic heterocycles. The molecular formula is C16H17N5OS. The van der Waals surface area contributed by atoms with Crippen molar-refractivity contribution in [2.24, 2.45) is 0 Å². The molecule has 2 heterocycles. The van der Waals surface area contributed by atoms with Gasteiger partial charge in [-0.15, -0.1) is 16.8 Å². The fourth-order valence-electron chi connectivity index (χ4n) is 2.30. The molecule has 1 unspecified atom stereocenters. The molecule has 0 spiro atoms. The highest BCUT2D eigenvalue weighted by molar-refractivity contribution is 7.99. The van der Waals surface area contributed by atoms with Gasteiger partial charge in [0.1, 0.15) is 11.6 Å². The Bertz CT molecular complexity index is 914. The number of para-hydroxylation sites is 1. The highest BCUT2D eigenvalue weighted by Gasteiger charge is 2.17. The lowest BCUT2D eigenvalue weighted by atomic mass is 10.2. The summed E-state index contributed by atoms with van der Waals surface area (Å²) >= 11 is 1.51. The Morgan fingerprint density at radius 2 is 2.17 bits per heavy atom. The van der Waals surface area contributed by atoms with Gasteiger partial charge >= 0.3 is 0 Å². The summed E-state index contributed by atoms with van der Waals surface area (Å²) in [7, 11) is 0. The molecule has 23 heavy (non-hydrogen) atoms. The lowest BCUT2D eigenvalue weighted by molar-refractivity contribution is 0.701. The molecule has 1 aromatic carbocycles. The first-order valence-corrected chi connectivity index (χ1v) is 8.14. The first-order valence-electron chi connectivity index (χ1n) is 7.26. The van der Waals surface area contributed by atoms with Crippen molar-refractivity contribution in [3.63, 3.8) is 0 Å². The van der Waals surface area contributed by atoms with E-state index in [4.69, 9.17) is 0 Å². The standard InChI is InChI=1S/C16H17N5OS/c1-4-9-21-11(3)19-20-16(21)23-10(2)14-17-13-8-6-5-7-12(13)15(22)18-14/h4-8,10H,1,9H2,2-3H3,(H,17,18,22). The van der Waals surface area contributed by atoms with Gasteiger partial charge in [0.2, 0.25) is 0 Å². The summed E-state index contributed by atoms with van der Waals surface area (Å²) in [6.07, 6.45) is 1.81. The fourth-order valence-corrected chi connectivity index (χ4v) is 3.26. The monoisotopic (exact) mass is 327 g/mol. The molecule has 1 N–H and O–H groups in total. The van der Waals surface area contributed by atoms with Crippen molar-refractivity contribution in [3.05, 3.63) is 58.9 Å². The summed E-state index contributed by atoms with van der Waals surface area (Å²) in [5.74, 6) is 1.46. The van der Waals surface area contributed by atoms with Crippen LogP contribution >= 0.6 is 11.8 Å². The molecule has 6 nitrogen and oxygen atoms in total. The topological polar surface area (TPSA) is 76.5 Å². The number of hydrogen-bond acceptors (Lipinski definition) is 5. The predicted molar refractivity (Wildman–Crippen MR) is 91.6 cm³/mol. The van der Waals surface area contributed by atoms with Gasteiger partial charge in [0.25, 0.3) is 5.56 Å². The van der Waals surface area contributed by atoms with Gasteiger partial charge in [-0.2, -0.15) is 0 Å². The number of fused-ring (bicyclic) bond motifs is 1. The number of allylic oxidation sites excluding steroid dienone is 1. The molecule has 0 amide bonds. The molecular weight excluding hydrogens is 310 g/mol. The van der Waals surface area contributed by atoms with Gasteiger partial charge in [0.15, 0.2) is 5.16 Å². The van der Waals surface area contributed by atoms with Crippen LogP contribution in [0.1, 0.15) is 23.8 Å². The summed E-state index contributed by atoms with van der Waals surface area (Å²) in [4.78, 5) is 19.6. The smallest absolute Gasteiger partial charge is 0.258 e. The van der Waals surface area contributed by atoms with E-state index < -0.39 is 0 Å². The van der Waals surface area contributed by atoms with Crippen LogP contribution in [-0.4, -0.2) is 24.7 Å². The second-order valence-electron chi connectivity index (χ2n) is 5.16. The van der Waals surface area contributed by atoms with E-state index in [1.165, 1.54) is 11.8 Å². The Balaban J connectivity index is 1.93. The Kier molecular flexibility index (Phi) is 4.29. The Morgan fingerprint density at radius 3 is 2.96 bits per heavy atom. The largest absolute Gasteiger partial charge is 0.309 e. The third-order valence-corrected chi connectivity index (χ3v) is 4.60. The van der Waals surface area contributed by atoms with E-state index in [2.05, 4.69) is 26.7 Å². The highest BCUT2D eigenvalue weighted by Crippen LogP contribution is 2.32. The zero-order valence-corrected chi connectivity index (χ0v) is 13.8. The number of nitrogens with zero attached hydrogens (tertiary/aromatic N) is 4. The second-order valence-corrected chi connectivity index (χ2v) is 6.47. The zero-order valence-electron chi connectivity index (χ0n) is 13.0. The summed E-state index contributed by atoms with van der Waals surface area (Å²) < 4.78 is 1.98. The normalized spacial score (nSPS) is 12.4. The zero-order chi connectivity index (χ0) is 16.4. The minimum atomic E-state index is -0.123. The maximum atomic E-state index is 12.2. The first kappa shape index (κ1) is 15.5. The van der Waals surface area contributed by atoms with Gasteiger partial charge in [-0.05, 0) is 26.0 Å². The molecule has 0 saturated carbocycles. The third-order valence-electron chi connectivity index (χ3n) is 3.51. The van der Waals surface area contributed by atoms with E-state index in [1.54, 1.807) is 12.1 Å². The third kappa shape index (κ3) is 3.05. The van der Waals surface area contributed by atoms with Crippen LogP contribution in [0.5, 0.6) is 0 Å². The Labute approximate surface area is 137 Å². The average Bonchev–Trinajstić information content (AvgIpc) is 2.88. The van der Waals surface area contributed by atoms with E-state index in [1.807, 2.05) is 36.6 Å². The minimum Gasteiger partial charge on any atom is -0.309 e. The first-order chi connectivity index (χ1) is 11.1. The number of rotatable bonds is 5. The molecule has 0 aliphatic heterocycles. The van der Waals surface area contributed by atoms with Crippen molar-refractivity contribution >= 4 is 22.7 Å². The van der Waals surface area contributed by atoms with Crippen molar-refractivity contribution < 1.29 is 0 Å². The maximum Gasteiger partial charge on any atom is 0.258 e. The molecule has 1 atom stereocenters. The van der Waals surface area contributed by atoms with Crippen LogP contribution < -0.4 is 5.56 Å². The number of aromatic amines is 1.